The molecule has 0 amide bonds. The molecule has 4 N–H and O–H groups in total. The number of hydrogen-bond donors (Lipinski definition) is 3. The maximum atomic E-state index is 13.6. The van der Waals surface area contributed by atoms with Crippen molar-refractivity contribution in [2.75, 3.05) is 25.0 Å². The highest BCUT2D eigenvalue weighted by Gasteiger charge is 2.34. The fourth-order valence-corrected chi connectivity index (χ4v) is 6.69. The predicted molar refractivity (Wildman–Crippen MR) is 150 cm³/mol. The van der Waals surface area contributed by atoms with Crippen LogP contribution in [0.25, 0.3) is 0 Å². The molecule has 13 heteroatoms. The van der Waals surface area contributed by atoms with Gasteiger partial charge < -0.3 is 10.4 Å². The smallest absolute Gasteiger partial charge is 0.333 e. The minimum atomic E-state index is -4.07. The van der Waals surface area contributed by atoms with Crippen LogP contribution in [0.15, 0.2) is 41.8 Å². The summed E-state index contributed by atoms with van der Waals surface area (Å²) in [5.74, 6) is -0.129. The molecule has 0 radical (unpaired) electrons. The highest BCUT2D eigenvalue weighted by Crippen LogP contribution is 2.33. The number of nitrogens with two attached hydrogens (primary N) is 1. The van der Waals surface area contributed by atoms with Crippen molar-refractivity contribution in [1.82, 2.24) is 9.97 Å². The van der Waals surface area contributed by atoms with E-state index >= 15 is 0 Å². The van der Waals surface area contributed by atoms with Crippen LogP contribution in [0.4, 0.5) is 5.82 Å². The molecule has 0 bridgehead atoms. The Kier molecular flexibility index (Phi) is 8.13. The monoisotopic (exact) mass is 589 g/mol. The second-order valence-corrected chi connectivity index (χ2v) is 12.7. The SMILES string of the molecule is Cc1sc(C(=O)c2cncnc2NC[C@@H]2C[C@H](COS(N)(=O)=O)[C@@H](O)C2)cc1C1=NCCc2ccc(Cl)cc21. The molecule has 1 aromatic carbocycles. The van der Waals surface area contributed by atoms with E-state index in [1.807, 2.05) is 31.2 Å². The molecule has 0 unspecified atom stereocenters. The number of carbonyl (C=O) groups excluding carboxylic acids is 1. The van der Waals surface area contributed by atoms with Crippen LogP contribution in [0, 0.1) is 18.8 Å². The van der Waals surface area contributed by atoms with Crippen LogP contribution in [0.5, 0.6) is 0 Å². The van der Waals surface area contributed by atoms with Gasteiger partial charge in [0.05, 0.1) is 28.9 Å². The highest BCUT2D eigenvalue weighted by atomic mass is 35.5. The molecule has 3 atom stereocenters. The molecule has 10 nitrogen and oxygen atoms in total. The molecule has 206 valence electrons. The molecule has 39 heavy (non-hydrogen) atoms. The number of aliphatic imine (C=N–C) groups is 1. The van der Waals surface area contributed by atoms with Crippen LogP contribution in [-0.2, 0) is 20.9 Å². The van der Waals surface area contributed by atoms with Gasteiger partial charge in [-0.3, -0.25) is 14.0 Å². The number of halogens is 1. The summed E-state index contributed by atoms with van der Waals surface area (Å²) in [4.78, 5) is 28.3. The second kappa shape index (κ2) is 11.4. The first-order valence-corrected chi connectivity index (χ1v) is 15.1. The maximum absolute atomic E-state index is 13.6. The predicted octanol–water partition coefficient (Wildman–Crippen LogP) is 3.14. The molecule has 1 aliphatic carbocycles. The summed E-state index contributed by atoms with van der Waals surface area (Å²) in [5, 5.41) is 19.1. The van der Waals surface area contributed by atoms with Gasteiger partial charge in [-0.05, 0) is 55.9 Å². The molecule has 1 aliphatic heterocycles. The number of carbonyl (C=O) groups is 1. The molecule has 3 aromatic rings. The number of nitrogens with zero attached hydrogens (tertiary/aromatic N) is 3. The van der Waals surface area contributed by atoms with Crippen LogP contribution in [0.3, 0.4) is 0 Å². The van der Waals surface area contributed by atoms with Gasteiger partial charge in [-0.2, -0.15) is 8.42 Å². The lowest BCUT2D eigenvalue weighted by molar-refractivity contribution is 0.100. The summed E-state index contributed by atoms with van der Waals surface area (Å²) in [6.45, 7) is 2.91. The molecule has 1 saturated carbocycles. The van der Waals surface area contributed by atoms with Gasteiger partial charge in [0.15, 0.2) is 0 Å². The van der Waals surface area contributed by atoms with Crippen molar-refractivity contribution in [3.63, 3.8) is 0 Å². The van der Waals surface area contributed by atoms with Crippen LogP contribution in [-0.4, -0.2) is 60.8 Å². The standard InChI is InChI=1S/C26H28ClN5O5S2/c1-14-19(24-20-8-18(27)3-2-16(20)4-5-30-24)9-23(38-14)25(34)21-11-29-13-32-26(21)31-10-15-6-17(22(33)7-15)12-37-39(28,35)36/h2-3,8-9,11,13,15,17,22,33H,4-7,10,12H2,1H3,(H2,28,35,36)(H,29,31,32)/t15-,17-,22+/m1/s1. The normalized spacial score (nSPS) is 20.9. The van der Waals surface area contributed by atoms with Gasteiger partial charge in [0, 0.05) is 46.2 Å². The van der Waals surface area contributed by atoms with Crippen LogP contribution in [0.2, 0.25) is 5.02 Å². The Bertz CT molecular complexity index is 1540. The molecule has 2 aromatic heterocycles. The quantitative estimate of drug-likeness (QED) is 0.321. The number of aryl methyl sites for hydroxylation is 1. The zero-order valence-electron chi connectivity index (χ0n) is 21.1. The average Bonchev–Trinajstić information content (AvgIpc) is 3.46. The van der Waals surface area contributed by atoms with Gasteiger partial charge in [0.2, 0.25) is 5.78 Å². The number of aromatic nitrogens is 2. The number of hydrogen-bond acceptors (Lipinski definition) is 10. The van der Waals surface area contributed by atoms with Crippen LogP contribution < -0.4 is 10.5 Å². The van der Waals surface area contributed by atoms with E-state index in [9.17, 15) is 18.3 Å². The Hall–Kier alpha value is -2.74. The third-order valence-corrected chi connectivity index (χ3v) is 8.84. The zero-order valence-corrected chi connectivity index (χ0v) is 23.5. The lowest BCUT2D eigenvalue weighted by Gasteiger charge is -2.17. The van der Waals surface area contributed by atoms with Gasteiger partial charge >= 0.3 is 10.3 Å². The third kappa shape index (κ3) is 6.37. The van der Waals surface area contributed by atoms with Crippen molar-refractivity contribution in [1.29, 1.82) is 0 Å². The topological polar surface area (TPSA) is 157 Å². The molecule has 5 rings (SSSR count). The molecule has 1 fully saturated rings. The van der Waals surface area contributed by atoms with E-state index in [-0.39, 0.29) is 24.2 Å². The Balaban J connectivity index is 1.31. The van der Waals surface area contributed by atoms with Crippen molar-refractivity contribution in [2.45, 2.75) is 32.3 Å². The molecule has 0 spiro atoms. The number of aliphatic hydroxyl groups excluding tert-OH is 1. The van der Waals surface area contributed by atoms with E-state index in [0.29, 0.717) is 47.2 Å². The van der Waals surface area contributed by atoms with E-state index in [1.165, 1.54) is 29.4 Å². The van der Waals surface area contributed by atoms with Crippen LogP contribution in [0.1, 0.15) is 49.6 Å². The highest BCUT2D eigenvalue weighted by molar-refractivity contribution is 7.84. The summed E-state index contributed by atoms with van der Waals surface area (Å²) in [7, 11) is -4.07. The van der Waals surface area contributed by atoms with Gasteiger partial charge in [-0.25, -0.2) is 15.1 Å². The number of nitrogens with one attached hydrogen (secondary N) is 1. The fraction of sp³-hybridized carbons (Fsp3) is 0.385. The number of rotatable bonds is 9. The summed E-state index contributed by atoms with van der Waals surface area (Å²) >= 11 is 7.67. The Morgan fingerprint density at radius 3 is 2.90 bits per heavy atom. The lowest BCUT2D eigenvalue weighted by atomic mass is 9.93. The number of fused-ring (bicyclic) bond motifs is 1. The zero-order chi connectivity index (χ0) is 27.7. The van der Waals surface area contributed by atoms with Gasteiger partial charge in [0.1, 0.15) is 12.1 Å². The van der Waals surface area contributed by atoms with E-state index in [4.69, 9.17) is 21.7 Å². The fourth-order valence-electron chi connectivity index (χ4n) is 5.17. The van der Waals surface area contributed by atoms with E-state index in [0.717, 1.165) is 28.1 Å². The maximum Gasteiger partial charge on any atom is 0.333 e. The van der Waals surface area contributed by atoms with E-state index in [2.05, 4.69) is 19.5 Å². The van der Waals surface area contributed by atoms with Crippen molar-refractivity contribution < 1.29 is 22.5 Å². The Morgan fingerprint density at radius 1 is 1.28 bits per heavy atom. The Morgan fingerprint density at radius 2 is 2.10 bits per heavy atom. The number of benzene rings is 1. The molecule has 0 saturated heterocycles. The molecule has 3 heterocycles. The molecular weight excluding hydrogens is 562 g/mol. The van der Waals surface area contributed by atoms with E-state index < -0.39 is 16.4 Å². The summed E-state index contributed by atoms with van der Waals surface area (Å²) in [5.41, 5.74) is 4.26. The summed E-state index contributed by atoms with van der Waals surface area (Å²) < 4.78 is 26.8. The number of ketones is 1. The third-order valence-electron chi connectivity index (χ3n) is 7.09. The minimum Gasteiger partial charge on any atom is -0.393 e. The van der Waals surface area contributed by atoms with Gasteiger partial charge in [0.25, 0.3) is 0 Å². The number of anilines is 1. The van der Waals surface area contributed by atoms with Crippen molar-refractivity contribution in [2.24, 2.45) is 22.0 Å². The van der Waals surface area contributed by atoms with Gasteiger partial charge in [-0.15, -0.1) is 11.3 Å². The van der Waals surface area contributed by atoms with Gasteiger partial charge in [-0.1, -0.05) is 17.7 Å². The minimum absolute atomic E-state index is 0.0267. The van der Waals surface area contributed by atoms with Crippen molar-refractivity contribution in [3.8, 4) is 0 Å². The first-order chi connectivity index (χ1) is 18.6. The van der Waals surface area contributed by atoms with Crippen LogP contribution >= 0.6 is 22.9 Å². The number of thiophene rings is 1. The van der Waals surface area contributed by atoms with Crippen molar-refractivity contribution in [3.05, 3.63) is 73.8 Å². The lowest BCUT2D eigenvalue weighted by Crippen LogP contribution is -2.24. The van der Waals surface area contributed by atoms with E-state index in [1.54, 1.807) is 0 Å². The Labute approximate surface area is 235 Å². The summed E-state index contributed by atoms with van der Waals surface area (Å²) in [6, 6.07) is 7.70. The largest absolute Gasteiger partial charge is 0.393 e. The van der Waals surface area contributed by atoms with Crippen molar-refractivity contribution >= 4 is 50.6 Å². The molecule has 2 aliphatic rings. The first kappa shape index (κ1) is 27.8. The summed E-state index contributed by atoms with van der Waals surface area (Å²) in [6.07, 6.45) is 4.00. The average molecular weight is 590 g/mol. The second-order valence-electron chi connectivity index (χ2n) is 9.80. The molecular formula is C26H28ClN5O5S2. The first-order valence-electron chi connectivity index (χ1n) is 12.5. The number of aliphatic hydroxyl groups is 1.